The first kappa shape index (κ1) is 14.6. The first-order valence-electron chi connectivity index (χ1n) is 8.04. The van der Waals surface area contributed by atoms with Crippen molar-refractivity contribution >= 4 is 0 Å². The Morgan fingerprint density at radius 2 is 1.84 bits per heavy atom. The van der Waals surface area contributed by atoms with Crippen molar-refractivity contribution in [3.05, 3.63) is 35.9 Å². The third-order valence-electron chi connectivity index (χ3n) is 4.64. The van der Waals surface area contributed by atoms with Crippen LogP contribution in [0.1, 0.15) is 69.8 Å². The summed E-state index contributed by atoms with van der Waals surface area (Å²) in [5.41, 5.74) is 1.47. The highest BCUT2D eigenvalue weighted by molar-refractivity contribution is 5.20. The van der Waals surface area contributed by atoms with E-state index < -0.39 is 0 Å². The molecule has 1 fully saturated rings. The molecule has 1 aliphatic rings. The minimum Gasteiger partial charge on any atom is -0.393 e. The predicted molar refractivity (Wildman–Crippen MR) is 81.3 cm³/mol. The van der Waals surface area contributed by atoms with Crippen LogP contribution in [0, 0.1) is 5.92 Å². The van der Waals surface area contributed by atoms with Gasteiger partial charge in [-0.3, -0.25) is 0 Å². The molecule has 0 aromatic heterocycles. The molecule has 1 heteroatoms. The van der Waals surface area contributed by atoms with Crippen LogP contribution in [0.15, 0.2) is 30.3 Å². The highest BCUT2D eigenvalue weighted by Gasteiger charge is 2.29. The van der Waals surface area contributed by atoms with Crippen molar-refractivity contribution in [2.24, 2.45) is 5.92 Å². The lowest BCUT2D eigenvalue weighted by atomic mass is 9.74. The fourth-order valence-electron chi connectivity index (χ4n) is 3.42. The molecule has 0 spiro atoms. The van der Waals surface area contributed by atoms with Crippen molar-refractivity contribution in [1.29, 1.82) is 0 Å². The largest absolute Gasteiger partial charge is 0.393 e. The molecule has 19 heavy (non-hydrogen) atoms. The van der Waals surface area contributed by atoms with Crippen LogP contribution in [0.3, 0.4) is 0 Å². The maximum Gasteiger partial charge on any atom is 0.0568 e. The van der Waals surface area contributed by atoms with E-state index in [-0.39, 0.29) is 6.10 Å². The summed E-state index contributed by atoms with van der Waals surface area (Å²) >= 11 is 0. The van der Waals surface area contributed by atoms with Crippen LogP contribution in [0.25, 0.3) is 0 Å². The van der Waals surface area contributed by atoms with Crippen LogP contribution >= 0.6 is 0 Å². The smallest absolute Gasteiger partial charge is 0.0568 e. The summed E-state index contributed by atoms with van der Waals surface area (Å²) in [6.07, 6.45) is 9.72. The number of aliphatic hydroxyl groups is 1. The number of aliphatic hydroxyl groups excluding tert-OH is 1. The van der Waals surface area contributed by atoms with Gasteiger partial charge in [-0.1, -0.05) is 62.9 Å². The van der Waals surface area contributed by atoms with Crippen molar-refractivity contribution in [3.8, 4) is 0 Å². The Balaban J connectivity index is 1.85. The third-order valence-corrected chi connectivity index (χ3v) is 4.64. The van der Waals surface area contributed by atoms with Crippen molar-refractivity contribution in [1.82, 2.24) is 0 Å². The summed E-state index contributed by atoms with van der Waals surface area (Å²) in [7, 11) is 0. The lowest BCUT2D eigenvalue weighted by Crippen LogP contribution is -2.28. The Hall–Kier alpha value is -0.820. The molecule has 1 aromatic carbocycles. The Bertz CT molecular complexity index is 346. The topological polar surface area (TPSA) is 20.2 Å². The average Bonchev–Trinajstić information content (AvgIpc) is 2.46. The summed E-state index contributed by atoms with van der Waals surface area (Å²) in [6.45, 7) is 2.25. The summed E-state index contributed by atoms with van der Waals surface area (Å²) in [5.74, 6) is 1.19. The maximum atomic E-state index is 10.2. The summed E-state index contributed by atoms with van der Waals surface area (Å²) < 4.78 is 0. The quantitative estimate of drug-likeness (QED) is 0.721. The fourth-order valence-corrected chi connectivity index (χ4v) is 3.42. The Morgan fingerprint density at radius 1 is 1.05 bits per heavy atom. The van der Waals surface area contributed by atoms with Crippen LogP contribution in [-0.4, -0.2) is 11.2 Å². The van der Waals surface area contributed by atoms with E-state index >= 15 is 0 Å². The molecule has 0 saturated heterocycles. The van der Waals surface area contributed by atoms with Gasteiger partial charge in [0, 0.05) is 0 Å². The molecular formula is C18H28O. The van der Waals surface area contributed by atoms with Crippen LogP contribution in [-0.2, 0) is 0 Å². The number of unbranched alkanes of at least 4 members (excludes halogenated alkanes) is 3. The molecule has 0 bridgehead atoms. The molecule has 0 aliphatic heterocycles. The van der Waals surface area contributed by atoms with Gasteiger partial charge >= 0.3 is 0 Å². The zero-order valence-corrected chi connectivity index (χ0v) is 12.2. The molecule has 3 atom stereocenters. The van der Waals surface area contributed by atoms with Gasteiger partial charge in [0.25, 0.3) is 0 Å². The van der Waals surface area contributed by atoms with E-state index in [1.165, 1.54) is 44.1 Å². The second-order valence-corrected chi connectivity index (χ2v) is 6.10. The highest BCUT2D eigenvalue weighted by Crippen LogP contribution is 2.38. The van der Waals surface area contributed by atoms with Crippen LogP contribution in [0.2, 0.25) is 0 Å². The lowest BCUT2D eigenvalue weighted by molar-refractivity contribution is 0.0559. The van der Waals surface area contributed by atoms with E-state index in [0.717, 1.165) is 12.8 Å². The molecular weight excluding hydrogens is 232 g/mol. The number of benzene rings is 1. The van der Waals surface area contributed by atoms with Crippen molar-refractivity contribution in [3.63, 3.8) is 0 Å². The standard InChI is InChI=1S/C18H28O/c1-2-3-4-6-11-17-14-16(12-13-18(17)19)15-9-7-5-8-10-15/h5,7-10,16-19H,2-4,6,11-14H2,1H3. The Morgan fingerprint density at radius 3 is 2.58 bits per heavy atom. The van der Waals surface area contributed by atoms with Crippen LogP contribution in [0.5, 0.6) is 0 Å². The van der Waals surface area contributed by atoms with Gasteiger partial charge in [-0.15, -0.1) is 0 Å². The number of hydrogen-bond acceptors (Lipinski definition) is 1. The maximum absolute atomic E-state index is 10.2. The predicted octanol–water partition coefficient (Wildman–Crippen LogP) is 4.90. The van der Waals surface area contributed by atoms with E-state index in [1.807, 2.05) is 0 Å². The monoisotopic (exact) mass is 260 g/mol. The van der Waals surface area contributed by atoms with E-state index in [4.69, 9.17) is 0 Å². The summed E-state index contributed by atoms with van der Waals surface area (Å²) in [4.78, 5) is 0. The van der Waals surface area contributed by atoms with E-state index in [9.17, 15) is 5.11 Å². The average molecular weight is 260 g/mol. The van der Waals surface area contributed by atoms with Crippen molar-refractivity contribution in [2.75, 3.05) is 0 Å². The normalized spacial score (nSPS) is 27.4. The molecule has 3 unspecified atom stereocenters. The van der Waals surface area contributed by atoms with Gasteiger partial charge in [-0.2, -0.15) is 0 Å². The van der Waals surface area contributed by atoms with Crippen LogP contribution in [0.4, 0.5) is 0 Å². The first-order valence-corrected chi connectivity index (χ1v) is 8.04. The van der Waals surface area contributed by atoms with Crippen LogP contribution < -0.4 is 0 Å². The highest BCUT2D eigenvalue weighted by atomic mass is 16.3. The lowest BCUT2D eigenvalue weighted by Gasteiger charge is -2.33. The van der Waals surface area contributed by atoms with Gasteiger partial charge in [0.15, 0.2) is 0 Å². The Kier molecular flexibility index (Phi) is 5.91. The molecule has 106 valence electrons. The fraction of sp³-hybridized carbons (Fsp3) is 0.667. The summed E-state index contributed by atoms with van der Waals surface area (Å²) in [6, 6.07) is 10.9. The zero-order valence-electron chi connectivity index (χ0n) is 12.2. The van der Waals surface area contributed by atoms with Gasteiger partial charge in [-0.05, 0) is 43.1 Å². The second kappa shape index (κ2) is 7.69. The van der Waals surface area contributed by atoms with Gasteiger partial charge in [0.2, 0.25) is 0 Å². The van der Waals surface area contributed by atoms with Gasteiger partial charge < -0.3 is 5.11 Å². The molecule has 0 radical (unpaired) electrons. The van der Waals surface area contributed by atoms with Crippen molar-refractivity contribution in [2.45, 2.75) is 70.3 Å². The molecule has 1 nitrogen and oxygen atoms in total. The minimum atomic E-state index is -0.0541. The molecule has 0 amide bonds. The Labute approximate surface area is 118 Å². The van der Waals surface area contributed by atoms with E-state index in [2.05, 4.69) is 37.3 Å². The second-order valence-electron chi connectivity index (χ2n) is 6.10. The van der Waals surface area contributed by atoms with Gasteiger partial charge in [0.1, 0.15) is 0 Å². The zero-order chi connectivity index (χ0) is 13.5. The number of hydrogen-bond donors (Lipinski definition) is 1. The van der Waals surface area contributed by atoms with Gasteiger partial charge in [-0.25, -0.2) is 0 Å². The van der Waals surface area contributed by atoms with Gasteiger partial charge in [0.05, 0.1) is 6.10 Å². The van der Waals surface area contributed by atoms with E-state index in [0.29, 0.717) is 11.8 Å². The molecule has 2 rings (SSSR count). The molecule has 1 aliphatic carbocycles. The molecule has 1 N–H and O–H groups in total. The minimum absolute atomic E-state index is 0.0541. The van der Waals surface area contributed by atoms with Crippen molar-refractivity contribution < 1.29 is 5.11 Å². The first-order chi connectivity index (χ1) is 9.31. The third kappa shape index (κ3) is 4.35. The SMILES string of the molecule is CCCCCCC1CC(c2ccccc2)CCC1O. The number of rotatable bonds is 6. The molecule has 1 saturated carbocycles. The molecule has 1 aromatic rings. The molecule has 0 heterocycles. The van der Waals surface area contributed by atoms with E-state index in [1.54, 1.807) is 0 Å². The summed E-state index contributed by atoms with van der Waals surface area (Å²) in [5, 5.41) is 10.2.